The standard InChI is InChI=1S/C27H35N3O3/c1-16(2)24-20-15-19(29-27(31)25(28)17-8-6-5-7-9-17)11-12-21(20)30-26(24)18-10-13-22(32-3)23(14-18)33-4/h10-17,25,30H,5-9,28H2,1-4H3,(H,29,31). The number of fused-ring (bicyclic) bond motifs is 1. The molecule has 1 unspecified atom stereocenters. The Hall–Kier alpha value is -2.99. The number of methoxy groups -OCH3 is 2. The van der Waals surface area contributed by atoms with Gasteiger partial charge in [0, 0.05) is 22.2 Å². The minimum absolute atomic E-state index is 0.0944. The number of hydrogen-bond donors (Lipinski definition) is 3. The summed E-state index contributed by atoms with van der Waals surface area (Å²) in [7, 11) is 3.28. The predicted molar refractivity (Wildman–Crippen MR) is 134 cm³/mol. The smallest absolute Gasteiger partial charge is 0.241 e. The number of aromatic amines is 1. The van der Waals surface area contributed by atoms with Crippen molar-refractivity contribution < 1.29 is 14.3 Å². The van der Waals surface area contributed by atoms with Gasteiger partial charge in [0.1, 0.15) is 0 Å². The summed E-state index contributed by atoms with van der Waals surface area (Å²) in [4.78, 5) is 16.4. The second kappa shape index (κ2) is 9.87. The maximum atomic E-state index is 12.9. The molecule has 1 saturated carbocycles. The fraction of sp³-hybridized carbons (Fsp3) is 0.444. The predicted octanol–water partition coefficient (Wildman–Crippen LogP) is 5.82. The zero-order valence-corrected chi connectivity index (χ0v) is 20.0. The highest BCUT2D eigenvalue weighted by Gasteiger charge is 2.26. The minimum atomic E-state index is -0.459. The Kier molecular flexibility index (Phi) is 6.94. The van der Waals surface area contributed by atoms with E-state index < -0.39 is 6.04 Å². The van der Waals surface area contributed by atoms with Gasteiger partial charge in [-0.15, -0.1) is 0 Å². The van der Waals surface area contributed by atoms with E-state index in [4.69, 9.17) is 15.2 Å². The van der Waals surface area contributed by atoms with Crippen molar-refractivity contribution in [1.29, 1.82) is 0 Å². The number of anilines is 1. The highest BCUT2D eigenvalue weighted by atomic mass is 16.5. The molecular weight excluding hydrogens is 414 g/mol. The van der Waals surface area contributed by atoms with Gasteiger partial charge in [0.2, 0.25) is 5.91 Å². The fourth-order valence-electron chi connectivity index (χ4n) is 5.04. The van der Waals surface area contributed by atoms with E-state index in [2.05, 4.69) is 30.2 Å². The molecule has 1 aliphatic carbocycles. The molecule has 33 heavy (non-hydrogen) atoms. The third-order valence-corrected chi connectivity index (χ3v) is 6.82. The first-order valence-electron chi connectivity index (χ1n) is 11.9. The van der Waals surface area contributed by atoms with E-state index in [1.54, 1.807) is 14.2 Å². The highest BCUT2D eigenvalue weighted by molar-refractivity contribution is 5.99. The zero-order valence-electron chi connectivity index (χ0n) is 20.0. The van der Waals surface area contributed by atoms with Crippen molar-refractivity contribution in [1.82, 2.24) is 4.98 Å². The van der Waals surface area contributed by atoms with E-state index in [1.807, 2.05) is 30.3 Å². The maximum absolute atomic E-state index is 12.9. The molecule has 6 nitrogen and oxygen atoms in total. The second-order valence-corrected chi connectivity index (χ2v) is 9.31. The van der Waals surface area contributed by atoms with Crippen molar-refractivity contribution in [2.24, 2.45) is 11.7 Å². The summed E-state index contributed by atoms with van der Waals surface area (Å²) in [5, 5.41) is 4.16. The average molecular weight is 450 g/mol. The maximum Gasteiger partial charge on any atom is 0.241 e. The van der Waals surface area contributed by atoms with Crippen molar-refractivity contribution in [2.75, 3.05) is 19.5 Å². The van der Waals surface area contributed by atoms with E-state index in [-0.39, 0.29) is 17.7 Å². The molecule has 0 bridgehead atoms. The van der Waals surface area contributed by atoms with Crippen LogP contribution in [0.3, 0.4) is 0 Å². The van der Waals surface area contributed by atoms with Crippen molar-refractivity contribution in [3.8, 4) is 22.8 Å². The Balaban J connectivity index is 1.66. The van der Waals surface area contributed by atoms with E-state index in [1.165, 1.54) is 12.0 Å². The van der Waals surface area contributed by atoms with E-state index in [0.29, 0.717) is 11.5 Å². The normalized spacial score (nSPS) is 15.6. The molecule has 2 aromatic carbocycles. The molecule has 4 rings (SSSR count). The minimum Gasteiger partial charge on any atom is -0.493 e. The Morgan fingerprint density at radius 1 is 1.03 bits per heavy atom. The van der Waals surface area contributed by atoms with E-state index in [0.717, 1.165) is 53.5 Å². The molecule has 0 radical (unpaired) electrons. The van der Waals surface area contributed by atoms with Crippen molar-refractivity contribution in [3.05, 3.63) is 42.0 Å². The van der Waals surface area contributed by atoms with E-state index >= 15 is 0 Å². The molecule has 6 heteroatoms. The molecule has 1 heterocycles. The number of benzene rings is 2. The van der Waals surface area contributed by atoms with Crippen LogP contribution in [0.2, 0.25) is 0 Å². The quantitative estimate of drug-likeness (QED) is 0.424. The van der Waals surface area contributed by atoms with Gasteiger partial charge in [-0.25, -0.2) is 0 Å². The molecule has 1 fully saturated rings. The summed E-state index contributed by atoms with van der Waals surface area (Å²) < 4.78 is 10.9. The van der Waals surface area contributed by atoms with E-state index in [9.17, 15) is 4.79 Å². The second-order valence-electron chi connectivity index (χ2n) is 9.31. The van der Waals surface area contributed by atoms with Gasteiger partial charge in [-0.1, -0.05) is 33.1 Å². The number of nitrogens with two attached hydrogens (primary N) is 1. The number of hydrogen-bond acceptors (Lipinski definition) is 4. The molecule has 1 amide bonds. The van der Waals surface area contributed by atoms with Crippen molar-refractivity contribution >= 4 is 22.5 Å². The number of amides is 1. The Labute approximate surface area is 195 Å². The molecule has 0 aliphatic heterocycles. The largest absolute Gasteiger partial charge is 0.493 e. The van der Waals surface area contributed by atoms with Gasteiger partial charge in [-0.05, 0) is 66.6 Å². The van der Waals surface area contributed by atoms with Gasteiger partial charge in [-0.3, -0.25) is 4.79 Å². The van der Waals surface area contributed by atoms with Crippen LogP contribution < -0.4 is 20.5 Å². The van der Waals surface area contributed by atoms with Crippen LogP contribution >= 0.6 is 0 Å². The van der Waals surface area contributed by atoms with Crippen molar-refractivity contribution in [2.45, 2.75) is 57.9 Å². The number of rotatable bonds is 7. The lowest BCUT2D eigenvalue weighted by atomic mass is 9.84. The number of aromatic nitrogens is 1. The Morgan fingerprint density at radius 3 is 2.42 bits per heavy atom. The third kappa shape index (κ3) is 4.71. The van der Waals surface area contributed by atoms with Gasteiger partial charge in [0.05, 0.1) is 26.0 Å². The SMILES string of the molecule is COc1ccc(-c2[nH]c3ccc(NC(=O)C(N)C4CCCCC4)cc3c2C(C)C)cc1OC. The third-order valence-electron chi connectivity index (χ3n) is 6.82. The molecule has 1 aromatic heterocycles. The zero-order chi connectivity index (χ0) is 23.5. The molecule has 1 atom stereocenters. The van der Waals surface area contributed by atoms with Gasteiger partial charge in [0.25, 0.3) is 0 Å². The van der Waals surface area contributed by atoms with Crippen LogP contribution in [0.15, 0.2) is 36.4 Å². The lowest BCUT2D eigenvalue weighted by molar-refractivity contribution is -0.118. The number of H-pyrrole nitrogens is 1. The van der Waals surface area contributed by atoms with Crippen molar-refractivity contribution in [3.63, 3.8) is 0 Å². The average Bonchev–Trinajstić information content (AvgIpc) is 3.22. The summed E-state index contributed by atoms with van der Waals surface area (Å²) in [6.07, 6.45) is 5.65. The van der Waals surface area contributed by atoms with Crippen LogP contribution in [0.1, 0.15) is 57.4 Å². The summed E-state index contributed by atoms with van der Waals surface area (Å²) >= 11 is 0. The van der Waals surface area contributed by atoms with Gasteiger partial charge >= 0.3 is 0 Å². The molecular formula is C27H35N3O3. The summed E-state index contributed by atoms with van der Waals surface area (Å²) in [6, 6.07) is 11.5. The first-order valence-corrected chi connectivity index (χ1v) is 11.9. The van der Waals surface area contributed by atoms with Crippen LogP contribution in [-0.2, 0) is 4.79 Å². The monoisotopic (exact) mass is 449 g/mol. The lowest BCUT2D eigenvalue weighted by Crippen LogP contribution is -2.42. The van der Waals surface area contributed by atoms with Crippen LogP contribution in [0, 0.1) is 5.92 Å². The number of nitrogens with one attached hydrogen (secondary N) is 2. The first-order chi connectivity index (χ1) is 15.9. The fourth-order valence-corrected chi connectivity index (χ4v) is 5.04. The molecule has 1 aliphatic rings. The summed E-state index contributed by atoms with van der Waals surface area (Å²) in [5.41, 5.74) is 11.4. The molecule has 0 saturated heterocycles. The summed E-state index contributed by atoms with van der Waals surface area (Å²) in [5.74, 6) is 1.84. The number of carbonyl (C=O) groups excluding carboxylic acids is 1. The van der Waals surface area contributed by atoms with Gasteiger partial charge in [0.15, 0.2) is 11.5 Å². The lowest BCUT2D eigenvalue weighted by Gasteiger charge is -2.26. The molecule has 176 valence electrons. The topological polar surface area (TPSA) is 89.4 Å². The van der Waals surface area contributed by atoms with Gasteiger partial charge in [-0.2, -0.15) is 0 Å². The first kappa shape index (κ1) is 23.2. The van der Waals surface area contributed by atoms with Gasteiger partial charge < -0.3 is 25.5 Å². The summed E-state index contributed by atoms with van der Waals surface area (Å²) in [6.45, 7) is 4.36. The molecule has 4 N–H and O–H groups in total. The Morgan fingerprint density at radius 2 is 1.76 bits per heavy atom. The molecule has 0 spiro atoms. The number of ether oxygens (including phenoxy) is 2. The Bertz CT molecular complexity index is 1130. The number of carbonyl (C=O) groups is 1. The van der Waals surface area contributed by atoms with Crippen LogP contribution in [0.25, 0.3) is 22.2 Å². The van der Waals surface area contributed by atoms with Crippen LogP contribution in [-0.4, -0.2) is 31.2 Å². The highest BCUT2D eigenvalue weighted by Crippen LogP contribution is 2.39. The van der Waals surface area contributed by atoms with Crippen LogP contribution in [0.4, 0.5) is 5.69 Å². The molecule has 3 aromatic rings. The van der Waals surface area contributed by atoms with Crippen LogP contribution in [0.5, 0.6) is 11.5 Å².